The topological polar surface area (TPSA) is 17.8 Å². The van der Waals surface area contributed by atoms with E-state index >= 15 is 0 Å². The van der Waals surface area contributed by atoms with E-state index in [1.165, 1.54) is 6.20 Å². The van der Waals surface area contributed by atoms with Crippen LogP contribution in [0.3, 0.4) is 0 Å². The first-order valence-electron chi connectivity index (χ1n) is 5.51. The zero-order valence-electron chi connectivity index (χ0n) is 9.50. The van der Waals surface area contributed by atoms with Crippen molar-refractivity contribution in [1.82, 2.24) is 9.55 Å². The second kappa shape index (κ2) is 4.73. The summed E-state index contributed by atoms with van der Waals surface area (Å²) in [7, 11) is 0. The molecule has 0 spiro atoms. The predicted molar refractivity (Wildman–Crippen MR) is 56.0 cm³/mol. The van der Waals surface area contributed by atoms with Crippen LogP contribution in [0.25, 0.3) is 0 Å². The van der Waals surface area contributed by atoms with Crippen molar-refractivity contribution in [2.45, 2.75) is 52.0 Å². The Morgan fingerprint density at radius 1 is 1.47 bits per heavy atom. The van der Waals surface area contributed by atoms with Gasteiger partial charge in [-0.05, 0) is 19.3 Å². The Kier molecular flexibility index (Phi) is 3.83. The number of imidazole rings is 1. The van der Waals surface area contributed by atoms with E-state index in [0.717, 1.165) is 19.3 Å². The van der Waals surface area contributed by atoms with Gasteiger partial charge in [-0.15, -0.1) is 0 Å². The van der Waals surface area contributed by atoms with Crippen molar-refractivity contribution in [3.05, 3.63) is 18.2 Å². The van der Waals surface area contributed by atoms with Gasteiger partial charge in [0.05, 0.1) is 0 Å². The third-order valence-corrected chi connectivity index (χ3v) is 2.86. The minimum absolute atomic E-state index is 0.0394. The number of aromatic nitrogens is 2. The van der Waals surface area contributed by atoms with Crippen LogP contribution >= 0.6 is 0 Å². The Labute approximate surface area is 89.3 Å². The van der Waals surface area contributed by atoms with E-state index in [0.29, 0.717) is 0 Å². The SMILES string of the molecule is CC.CCC1(n2ccnc2C(F)F)CC1. The van der Waals surface area contributed by atoms with E-state index in [4.69, 9.17) is 0 Å². The van der Waals surface area contributed by atoms with E-state index in [9.17, 15) is 8.78 Å². The highest BCUT2D eigenvalue weighted by Crippen LogP contribution is 2.47. The maximum atomic E-state index is 12.5. The summed E-state index contributed by atoms with van der Waals surface area (Å²) in [6, 6.07) is 0. The van der Waals surface area contributed by atoms with Gasteiger partial charge in [0, 0.05) is 17.9 Å². The summed E-state index contributed by atoms with van der Waals surface area (Å²) in [5, 5.41) is 0. The largest absolute Gasteiger partial charge is 0.324 e. The molecule has 86 valence electrons. The summed E-state index contributed by atoms with van der Waals surface area (Å²) < 4.78 is 26.6. The number of rotatable bonds is 3. The lowest BCUT2D eigenvalue weighted by atomic mass is 10.2. The van der Waals surface area contributed by atoms with Gasteiger partial charge in [0.25, 0.3) is 6.43 Å². The second-order valence-electron chi connectivity index (χ2n) is 3.53. The molecule has 1 aliphatic rings. The van der Waals surface area contributed by atoms with Crippen LogP contribution in [0.2, 0.25) is 0 Å². The minimum atomic E-state index is -2.46. The summed E-state index contributed by atoms with van der Waals surface area (Å²) in [5.74, 6) is -0.0839. The third-order valence-electron chi connectivity index (χ3n) is 2.86. The minimum Gasteiger partial charge on any atom is -0.324 e. The van der Waals surface area contributed by atoms with Gasteiger partial charge in [0.2, 0.25) is 0 Å². The molecule has 0 aromatic carbocycles. The normalized spacial score (nSPS) is 17.2. The Balaban J connectivity index is 0.000000531. The van der Waals surface area contributed by atoms with Crippen LogP contribution in [0.15, 0.2) is 12.4 Å². The molecule has 15 heavy (non-hydrogen) atoms. The Morgan fingerprint density at radius 2 is 2.07 bits per heavy atom. The molecule has 1 aromatic rings. The number of hydrogen-bond acceptors (Lipinski definition) is 1. The molecule has 1 aliphatic carbocycles. The van der Waals surface area contributed by atoms with Crippen LogP contribution in [0.5, 0.6) is 0 Å². The molecular formula is C11H18F2N2. The molecule has 1 heterocycles. The molecule has 1 fully saturated rings. The second-order valence-corrected chi connectivity index (χ2v) is 3.53. The lowest BCUT2D eigenvalue weighted by molar-refractivity contribution is 0.131. The molecule has 1 saturated carbocycles. The van der Waals surface area contributed by atoms with Crippen molar-refractivity contribution in [1.29, 1.82) is 0 Å². The van der Waals surface area contributed by atoms with Gasteiger partial charge >= 0.3 is 0 Å². The molecule has 4 heteroatoms. The standard InChI is InChI=1S/C9H12F2N2.C2H6/c1-2-9(3-4-9)13-6-5-12-8(13)7(10)11;1-2/h5-7H,2-4H2,1H3;1-2H3. The molecule has 0 N–H and O–H groups in total. The van der Waals surface area contributed by atoms with E-state index in [2.05, 4.69) is 4.98 Å². The first-order valence-corrected chi connectivity index (χ1v) is 5.51. The Bertz CT molecular complexity index is 303. The van der Waals surface area contributed by atoms with Crippen molar-refractivity contribution >= 4 is 0 Å². The van der Waals surface area contributed by atoms with Gasteiger partial charge in [-0.3, -0.25) is 0 Å². The maximum absolute atomic E-state index is 12.5. The van der Waals surface area contributed by atoms with Gasteiger partial charge in [0.1, 0.15) is 0 Å². The summed E-state index contributed by atoms with van der Waals surface area (Å²) in [5.41, 5.74) is -0.0394. The molecule has 0 amide bonds. The molecule has 2 nitrogen and oxygen atoms in total. The van der Waals surface area contributed by atoms with E-state index in [1.807, 2.05) is 20.8 Å². The average Bonchev–Trinajstić information content (AvgIpc) is 2.90. The quantitative estimate of drug-likeness (QED) is 0.752. The third kappa shape index (κ3) is 2.19. The molecule has 0 bridgehead atoms. The molecule has 0 aliphatic heterocycles. The van der Waals surface area contributed by atoms with Crippen molar-refractivity contribution in [3.63, 3.8) is 0 Å². The zero-order chi connectivity index (χ0) is 11.5. The summed E-state index contributed by atoms with van der Waals surface area (Å²) in [6.07, 6.45) is 3.57. The van der Waals surface area contributed by atoms with Crippen LogP contribution in [0.4, 0.5) is 8.78 Å². The Morgan fingerprint density at radius 3 is 2.47 bits per heavy atom. The first-order chi connectivity index (χ1) is 7.19. The highest BCUT2D eigenvalue weighted by atomic mass is 19.3. The monoisotopic (exact) mass is 216 g/mol. The van der Waals surface area contributed by atoms with Crippen LogP contribution in [-0.2, 0) is 5.54 Å². The molecule has 1 aromatic heterocycles. The molecule has 0 saturated heterocycles. The summed E-state index contributed by atoms with van der Waals surface area (Å²) >= 11 is 0. The van der Waals surface area contributed by atoms with Crippen molar-refractivity contribution in [2.75, 3.05) is 0 Å². The molecule has 2 rings (SSSR count). The fraction of sp³-hybridized carbons (Fsp3) is 0.727. The fourth-order valence-corrected chi connectivity index (χ4v) is 1.79. The highest BCUT2D eigenvalue weighted by molar-refractivity contribution is 5.08. The van der Waals surface area contributed by atoms with Crippen molar-refractivity contribution < 1.29 is 8.78 Å². The lowest BCUT2D eigenvalue weighted by Crippen LogP contribution is -2.18. The van der Waals surface area contributed by atoms with Gasteiger partial charge in [-0.1, -0.05) is 20.8 Å². The van der Waals surface area contributed by atoms with Crippen LogP contribution < -0.4 is 0 Å². The molecular weight excluding hydrogens is 198 g/mol. The maximum Gasteiger partial charge on any atom is 0.295 e. The Hall–Kier alpha value is -0.930. The number of nitrogens with zero attached hydrogens (tertiary/aromatic N) is 2. The van der Waals surface area contributed by atoms with Gasteiger partial charge in [0.15, 0.2) is 5.82 Å². The summed E-state index contributed by atoms with van der Waals surface area (Å²) in [6.45, 7) is 6.03. The highest BCUT2D eigenvalue weighted by Gasteiger charge is 2.44. The smallest absolute Gasteiger partial charge is 0.295 e. The molecule has 0 radical (unpaired) electrons. The van der Waals surface area contributed by atoms with Gasteiger partial charge < -0.3 is 4.57 Å². The molecule has 0 unspecified atom stereocenters. The van der Waals surface area contributed by atoms with Crippen molar-refractivity contribution in [2.24, 2.45) is 0 Å². The average molecular weight is 216 g/mol. The van der Waals surface area contributed by atoms with E-state index < -0.39 is 6.43 Å². The number of alkyl halides is 2. The van der Waals surface area contributed by atoms with E-state index in [-0.39, 0.29) is 11.4 Å². The van der Waals surface area contributed by atoms with Crippen LogP contribution in [0, 0.1) is 0 Å². The van der Waals surface area contributed by atoms with Crippen molar-refractivity contribution in [3.8, 4) is 0 Å². The van der Waals surface area contributed by atoms with Crippen LogP contribution in [-0.4, -0.2) is 9.55 Å². The zero-order valence-corrected chi connectivity index (χ0v) is 9.50. The number of hydrogen-bond donors (Lipinski definition) is 0. The predicted octanol–water partition coefficient (Wildman–Crippen LogP) is 3.75. The lowest BCUT2D eigenvalue weighted by Gasteiger charge is -2.17. The molecule has 0 atom stereocenters. The number of halogens is 2. The van der Waals surface area contributed by atoms with Crippen LogP contribution in [0.1, 0.15) is 52.3 Å². The fourth-order valence-electron chi connectivity index (χ4n) is 1.79. The van der Waals surface area contributed by atoms with Gasteiger partial charge in [-0.2, -0.15) is 0 Å². The van der Waals surface area contributed by atoms with E-state index in [1.54, 1.807) is 10.8 Å². The first kappa shape index (κ1) is 12.1. The van der Waals surface area contributed by atoms with Gasteiger partial charge in [-0.25, -0.2) is 13.8 Å². The summed E-state index contributed by atoms with van der Waals surface area (Å²) in [4.78, 5) is 3.68.